The molecule has 508 valence electrons. The molecular weight excluding hydrogens is 1170 g/mol. The third-order valence-electron chi connectivity index (χ3n) is 20.1. The molecule has 90 heavy (non-hydrogen) atoms. The van der Waals surface area contributed by atoms with Gasteiger partial charge in [0, 0.05) is 61.3 Å². The number of carbonyl (C=O) groups excluding carboxylic acids is 11. The van der Waals surface area contributed by atoms with Gasteiger partial charge in [-0.1, -0.05) is 79.1 Å². The van der Waals surface area contributed by atoms with Crippen molar-refractivity contribution in [3.63, 3.8) is 0 Å². The fraction of sp³-hybridized carbons (Fsp3) is 0.828. The van der Waals surface area contributed by atoms with Gasteiger partial charge < -0.3 is 55.6 Å². The van der Waals surface area contributed by atoms with Crippen molar-refractivity contribution in [1.82, 2.24) is 55.6 Å². The maximum atomic E-state index is 15.2. The van der Waals surface area contributed by atoms with Crippen molar-refractivity contribution in [3.05, 3.63) is 0 Å². The van der Waals surface area contributed by atoms with Crippen molar-refractivity contribution >= 4 is 65.0 Å². The Kier molecular flexibility index (Phi) is 25.9. The number of likely N-dealkylation sites (N-methyl/N-ethyl adjacent to an activating group) is 6. The standard InChI is InChI=1S/C64H103F4N11O11/c1-38(2)31-48-56(84)71-54(43-21-17-22-43)61(89)75(8)36-52(82)73(6)37-53(83)77(10)49(34-41-19-13-12-14-20-41)60(88)74(7)35-50(80)70-46(27-25-42-24-26-44(45(65)33-42)64(66,67)68)59(87)79-30-18-23-47(79)57(85)72-63(28-15-16-29-63)62(90)78(11)55(39(3)4)58(86)69-40(5)32-51(81)76(48)9/h38-49,54-55H,12-37H2,1-11H3,(H,69,86)(H,70,80)(H,71,84)(H,72,85)/t40-,42?,44?,45?,46+,47+,48+,49+,54+,55+/m1/s1. The van der Waals surface area contributed by atoms with Crippen molar-refractivity contribution in [3.8, 4) is 0 Å². The smallest absolute Gasteiger partial charge is 0.351 e. The molecule has 22 nitrogen and oxygen atoms in total. The molecule has 0 radical (unpaired) electrons. The number of amides is 11. The van der Waals surface area contributed by atoms with Crippen LogP contribution in [0, 0.1) is 35.5 Å². The number of hydrogen-bond donors (Lipinski definition) is 4. The second-order valence-electron chi connectivity index (χ2n) is 28.0. The van der Waals surface area contributed by atoms with E-state index in [1.165, 1.54) is 66.8 Å². The van der Waals surface area contributed by atoms with E-state index in [1.807, 2.05) is 13.8 Å². The second kappa shape index (κ2) is 32.0. The molecule has 6 aliphatic rings. The minimum absolute atomic E-state index is 0.0154. The van der Waals surface area contributed by atoms with Crippen LogP contribution >= 0.6 is 0 Å². The summed E-state index contributed by atoms with van der Waals surface area (Å²) in [5, 5.41) is 11.6. The molecular formula is C64H103F4N11O11. The first-order chi connectivity index (χ1) is 42.2. The van der Waals surface area contributed by atoms with Gasteiger partial charge in [-0.3, -0.25) is 52.7 Å². The average molecular weight is 1280 g/mol. The minimum atomic E-state index is -4.73. The van der Waals surface area contributed by atoms with Gasteiger partial charge in [0.25, 0.3) is 0 Å². The third-order valence-corrected chi connectivity index (χ3v) is 20.1. The van der Waals surface area contributed by atoms with E-state index in [0.717, 1.165) is 48.3 Å². The molecule has 6 rings (SSSR count). The van der Waals surface area contributed by atoms with Crippen LogP contribution in [0.2, 0.25) is 0 Å². The lowest BCUT2D eigenvalue weighted by atomic mass is 9.78. The highest BCUT2D eigenvalue weighted by molar-refractivity contribution is 5.99. The minimum Gasteiger partial charge on any atom is -0.351 e. The highest BCUT2D eigenvalue weighted by Gasteiger charge is 2.51. The molecule has 26 heteroatoms. The van der Waals surface area contributed by atoms with E-state index in [0.29, 0.717) is 32.1 Å². The van der Waals surface area contributed by atoms with Crippen molar-refractivity contribution in [2.45, 2.75) is 236 Å². The van der Waals surface area contributed by atoms with Crippen molar-refractivity contribution in [2.24, 2.45) is 35.5 Å². The summed E-state index contributed by atoms with van der Waals surface area (Å²) in [6, 6.07) is -7.62. The zero-order chi connectivity index (χ0) is 66.7. The fourth-order valence-electron chi connectivity index (χ4n) is 14.5. The lowest BCUT2D eigenvalue weighted by Crippen LogP contribution is -2.64. The predicted octanol–water partition coefficient (Wildman–Crippen LogP) is 4.71. The number of alkyl halides is 4. The summed E-state index contributed by atoms with van der Waals surface area (Å²) < 4.78 is 56.4. The van der Waals surface area contributed by atoms with Gasteiger partial charge in [-0.25, -0.2) is 4.39 Å². The van der Waals surface area contributed by atoms with E-state index in [4.69, 9.17) is 0 Å². The summed E-state index contributed by atoms with van der Waals surface area (Å²) >= 11 is 0. The maximum Gasteiger partial charge on any atom is 0.394 e. The summed E-state index contributed by atoms with van der Waals surface area (Å²) in [5.74, 6) is -10.2. The van der Waals surface area contributed by atoms with Crippen LogP contribution in [0.1, 0.15) is 176 Å². The Labute approximate surface area is 529 Å². The van der Waals surface area contributed by atoms with Crippen LogP contribution in [0.25, 0.3) is 0 Å². The molecule has 2 saturated heterocycles. The molecule has 0 aromatic rings. The monoisotopic (exact) mass is 1280 g/mol. The normalized spacial score (nSPS) is 30.5. The molecule has 2 heterocycles. The Morgan fingerprint density at radius 1 is 0.578 bits per heavy atom. The SMILES string of the molecule is CC(C)C[C@H]1C(=O)N[C@@H](C2CCC2)C(=O)N(C)CC(=O)N(C)CC(=O)N(C)[C@@H](CC2CCCCC2)C(=O)N(C)CC(=O)N[C@@H](CCC2CCC(C(F)(F)F)C(F)C2)C(=O)N2CCC[C@H]2C(=O)NC2(CCCC2)C(=O)N(C)[C@@H](C(C)C)C(=O)N[C@H](C)CC(=O)N1C. The number of halogens is 4. The molecule has 10 atom stereocenters. The first kappa shape index (κ1) is 72.9. The summed E-state index contributed by atoms with van der Waals surface area (Å²) in [6.07, 6.45) is 0.819. The van der Waals surface area contributed by atoms with Gasteiger partial charge in [-0.15, -0.1) is 0 Å². The van der Waals surface area contributed by atoms with Crippen molar-refractivity contribution in [2.75, 3.05) is 68.5 Å². The molecule has 1 spiro atoms. The van der Waals surface area contributed by atoms with E-state index in [2.05, 4.69) is 21.3 Å². The summed E-state index contributed by atoms with van der Waals surface area (Å²) in [7, 11) is 8.59. The summed E-state index contributed by atoms with van der Waals surface area (Å²) in [5.41, 5.74) is -1.49. The van der Waals surface area contributed by atoms with E-state index in [9.17, 15) is 65.9 Å². The molecule has 4 aliphatic carbocycles. The first-order valence-corrected chi connectivity index (χ1v) is 33.0. The van der Waals surface area contributed by atoms with Gasteiger partial charge in [0.1, 0.15) is 48.0 Å². The van der Waals surface area contributed by atoms with Crippen LogP contribution in [0.15, 0.2) is 0 Å². The number of carbonyl (C=O) groups is 11. The number of nitrogens with one attached hydrogen (secondary N) is 4. The summed E-state index contributed by atoms with van der Waals surface area (Å²) in [6.45, 7) is 7.40. The van der Waals surface area contributed by atoms with Crippen LogP contribution in [-0.4, -0.2) is 228 Å². The number of fused-ring (bicyclic) bond motifs is 1. The maximum absolute atomic E-state index is 15.2. The highest BCUT2D eigenvalue weighted by atomic mass is 19.4. The second-order valence-corrected chi connectivity index (χ2v) is 28.0. The Bertz CT molecular complexity index is 2580. The topological polar surface area (TPSA) is 259 Å². The van der Waals surface area contributed by atoms with Gasteiger partial charge in [-0.05, 0) is 120 Å². The van der Waals surface area contributed by atoms with Gasteiger partial charge in [-0.2, -0.15) is 13.2 Å². The third kappa shape index (κ3) is 18.6. The fourth-order valence-corrected chi connectivity index (χ4v) is 14.5. The molecule has 4 saturated carbocycles. The molecule has 0 aromatic heterocycles. The number of hydrogen-bond acceptors (Lipinski definition) is 11. The Hall–Kier alpha value is -6.11. The van der Waals surface area contributed by atoms with E-state index >= 15 is 4.39 Å². The highest BCUT2D eigenvalue weighted by Crippen LogP contribution is 2.43. The van der Waals surface area contributed by atoms with Gasteiger partial charge in [0.2, 0.25) is 65.0 Å². The average Bonchev–Trinajstić information content (AvgIpc) is 1.52. The van der Waals surface area contributed by atoms with E-state index in [1.54, 1.807) is 20.8 Å². The Morgan fingerprint density at radius 2 is 1.20 bits per heavy atom. The molecule has 4 N–H and O–H groups in total. The molecule has 0 bridgehead atoms. The van der Waals surface area contributed by atoms with Crippen LogP contribution in [0.5, 0.6) is 0 Å². The number of nitrogens with zero attached hydrogens (tertiary/aromatic N) is 7. The van der Waals surface area contributed by atoms with Gasteiger partial charge in [0.05, 0.1) is 25.6 Å². The van der Waals surface area contributed by atoms with Crippen molar-refractivity contribution in [1.29, 1.82) is 0 Å². The zero-order valence-corrected chi connectivity index (χ0v) is 55.1. The molecule has 3 unspecified atom stereocenters. The van der Waals surface area contributed by atoms with Gasteiger partial charge >= 0.3 is 6.18 Å². The van der Waals surface area contributed by atoms with E-state index in [-0.39, 0.29) is 82.1 Å². The van der Waals surface area contributed by atoms with Crippen LogP contribution in [-0.2, 0) is 52.7 Å². The first-order valence-electron chi connectivity index (χ1n) is 33.0. The predicted molar refractivity (Wildman–Crippen MR) is 327 cm³/mol. The van der Waals surface area contributed by atoms with Crippen molar-refractivity contribution < 1.29 is 70.3 Å². The quantitative estimate of drug-likeness (QED) is 0.230. The molecule has 0 aromatic carbocycles. The summed E-state index contributed by atoms with van der Waals surface area (Å²) in [4.78, 5) is 168. The Morgan fingerprint density at radius 3 is 1.79 bits per heavy atom. The molecule has 2 aliphatic heterocycles. The largest absolute Gasteiger partial charge is 0.394 e. The van der Waals surface area contributed by atoms with Gasteiger partial charge in [0.15, 0.2) is 0 Å². The number of rotatable bonds is 9. The zero-order valence-electron chi connectivity index (χ0n) is 55.1. The van der Waals surface area contributed by atoms with E-state index < -0.39 is 175 Å². The Balaban J connectivity index is 1.33. The van der Waals surface area contributed by atoms with Crippen LogP contribution in [0.4, 0.5) is 17.6 Å². The molecule has 11 amide bonds. The lowest BCUT2D eigenvalue weighted by Gasteiger charge is -2.39. The van der Waals surface area contributed by atoms with Crippen LogP contribution in [0.3, 0.4) is 0 Å². The van der Waals surface area contributed by atoms with Crippen LogP contribution < -0.4 is 21.3 Å². The lowest BCUT2D eigenvalue weighted by molar-refractivity contribution is -0.201. The molecule has 6 fully saturated rings.